The number of para-hydroxylation sites is 1. The van der Waals surface area contributed by atoms with Crippen molar-refractivity contribution < 1.29 is 15.0 Å². The summed E-state index contributed by atoms with van der Waals surface area (Å²) in [6.45, 7) is -0.158. The number of aliphatic hydroxyl groups is 1. The van der Waals surface area contributed by atoms with Crippen molar-refractivity contribution in [1.82, 2.24) is 4.98 Å². The molecule has 0 unspecified atom stereocenters. The first-order valence-electron chi connectivity index (χ1n) is 5.35. The molecule has 0 saturated carbocycles. The molecule has 0 spiro atoms. The van der Waals surface area contributed by atoms with Crippen molar-refractivity contribution in [2.24, 2.45) is 0 Å². The summed E-state index contributed by atoms with van der Waals surface area (Å²) in [6.07, 6.45) is 2.61. The molecular formula is C13H12N2O3. The van der Waals surface area contributed by atoms with Crippen LogP contribution in [0, 0.1) is 0 Å². The topological polar surface area (TPSA) is 82.5 Å². The van der Waals surface area contributed by atoms with Gasteiger partial charge in [-0.15, -0.1) is 0 Å². The Kier molecular flexibility index (Phi) is 3.54. The quantitative estimate of drug-likeness (QED) is 0.764. The van der Waals surface area contributed by atoms with Crippen LogP contribution in [0.2, 0.25) is 0 Å². The van der Waals surface area contributed by atoms with E-state index in [9.17, 15) is 9.90 Å². The zero-order chi connectivity index (χ0) is 13.0. The fourth-order valence-electron chi connectivity index (χ4n) is 1.53. The van der Waals surface area contributed by atoms with Crippen LogP contribution in [-0.4, -0.2) is 21.1 Å². The van der Waals surface area contributed by atoms with Gasteiger partial charge in [0, 0.05) is 17.4 Å². The van der Waals surface area contributed by atoms with Gasteiger partial charge in [-0.25, -0.2) is 0 Å². The molecule has 0 aliphatic heterocycles. The number of amides is 1. The summed E-state index contributed by atoms with van der Waals surface area (Å²) in [7, 11) is 0. The van der Waals surface area contributed by atoms with Crippen molar-refractivity contribution in [2.75, 3.05) is 5.32 Å². The molecule has 92 valence electrons. The molecular weight excluding hydrogens is 232 g/mol. The van der Waals surface area contributed by atoms with Crippen molar-refractivity contribution >= 4 is 11.6 Å². The number of nitrogens with one attached hydrogen (secondary N) is 1. The average molecular weight is 244 g/mol. The Morgan fingerprint density at radius 2 is 2.06 bits per heavy atom. The Hall–Kier alpha value is -2.40. The van der Waals surface area contributed by atoms with Crippen LogP contribution >= 0.6 is 0 Å². The molecule has 0 saturated heterocycles. The minimum absolute atomic E-state index is 0.0712. The Bertz CT molecular complexity index is 570. The summed E-state index contributed by atoms with van der Waals surface area (Å²) in [5.74, 6) is -0.461. The molecule has 2 rings (SSSR count). The van der Waals surface area contributed by atoms with Gasteiger partial charge in [0.05, 0.1) is 18.4 Å². The van der Waals surface area contributed by atoms with Crippen LogP contribution in [-0.2, 0) is 6.61 Å². The molecule has 1 aromatic carbocycles. The Balaban J connectivity index is 2.21. The zero-order valence-electron chi connectivity index (χ0n) is 9.50. The summed E-state index contributed by atoms with van der Waals surface area (Å²) in [5, 5.41) is 21.0. The molecule has 0 atom stereocenters. The van der Waals surface area contributed by atoms with Gasteiger partial charge in [-0.2, -0.15) is 0 Å². The van der Waals surface area contributed by atoms with Crippen LogP contribution in [0.4, 0.5) is 5.69 Å². The predicted octanol–water partition coefficient (Wildman–Crippen LogP) is 1.53. The Morgan fingerprint density at radius 3 is 2.78 bits per heavy atom. The molecule has 1 heterocycles. The van der Waals surface area contributed by atoms with E-state index in [1.165, 1.54) is 18.5 Å². The van der Waals surface area contributed by atoms with E-state index >= 15 is 0 Å². The second kappa shape index (κ2) is 5.29. The van der Waals surface area contributed by atoms with E-state index in [1.54, 1.807) is 24.3 Å². The van der Waals surface area contributed by atoms with Crippen LogP contribution in [0.1, 0.15) is 15.9 Å². The molecule has 18 heavy (non-hydrogen) atoms. The molecule has 5 nitrogen and oxygen atoms in total. The minimum atomic E-state index is -0.390. The number of anilines is 1. The number of rotatable bonds is 3. The van der Waals surface area contributed by atoms with Crippen LogP contribution in [0.3, 0.4) is 0 Å². The summed E-state index contributed by atoms with van der Waals surface area (Å²) >= 11 is 0. The number of hydrogen-bond donors (Lipinski definition) is 3. The molecule has 5 heteroatoms. The summed E-state index contributed by atoms with van der Waals surface area (Å²) in [5.41, 5.74) is 1.41. The van der Waals surface area contributed by atoms with Gasteiger partial charge in [-0.1, -0.05) is 18.2 Å². The SMILES string of the molecule is O=C(Nc1ccccc1CO)c1cncc(O)c1. The lowest BCUT2D eigenvalue weighted by molar-refractivity contribution is 0.102. The van der Waals surface area contributed by atoms with Crippen molar-refractivity contribution in [3.8, 4) is 5.75 Å². The number of nitrogens with zero attached hydrogens (tertiary/aromatic N) is 1. The zero-order valence-corrected chi connectivity index (χ0v) is 9.50. The number of aromatic nitrogens is 1. The lowest BCUT2D eigenvalue weighted by atomic mass is 10.1. The fraction of sp³-hybridized carbons (Fsp3) is 0.0769. The highest BCUT2D eigenvalue weighted by atomic mass is 16.3. The normalized spacial score (nSPS) is 10.1. The third kappa shape index (κ3) is 2.64. The van der Waals surface area contributed by atoms with E-state index in [-0.39, 0.29) is 23.8 Å². The highest BCUT2D eigenvalue weighted by Gasteiger charge is 2.09. The predicted molar refractivity (Wildman–Crippen MR) is 66.2 cm³/mol. The van der Waals surface area contributed by atoms with Crippen LogP contribution in [0.5, 0.6) is 5.75 Å². The molecule has 2 aromatic rings. The first kappa shape index (κ1) is 12.1. The Morgan fingerprint density at radius 1 is 1.28 bits per heavy atom. The maximum atomic E-state index is 11.9. The number of benzene rings is 1. The fourth-order valence-corrected chi connectivity index (χ4v) is 1.53. The third-order valence-corrected chi connectivity index (χ3v) is 2.42. The van der Waals surface area contributed by atoms with Gasteiger partial charge in [0.15, 0.2) is 0 Å². The molecule has 0 aliphatic carbocycles. The number of hydrogen-bond acceptors (Lipinski definition) is 4. The number of carbonyl (C=O) groups is 1. The lowest BCUT2D eigenvalue weighted by Gasteiger charge is -2.09. The van der Waals surface area contributed by atoms with Crippen molar-refractivity contribution in [3.05, 3.63) is 53.9 Å². The van der Waals surface area contributed by atoms with Crippen LogP contribution < -0.4 is 5.32 Å². The number of pyridine rings is 1. The molecule has 0 fully saturated rings. The number of carbonyl (C=O) groups excluding carboxylic acids is 1. The van der Waals surface area contributed by atoms with Gasteiger partial charge in [-0.05, 0) is 12.1 Å². The molecule has 1 aromatic heterocycles. The maximum Gasteiger partial charge on any atom is 0.257 e. The van der Waals surface area contributed by atoms with Gasteiger partial charge in [0.25, 0.3) is 5.91 Å². The number of aliphatic hydroxyl groups excluding tert-OH is 1. The minimum Gasteiger partial charge on any atom is -0.506 e. The van der Waals surface area contributed by atoms with Gasteiger partial charge in [0.1, 0.15) is 5.75 Å². The number of aromatic hydroxyl groups is 1. The van der Waals surface area contributed by atoms with E-state index < -0.39 is 0 Å². The molecule has 0 bridgehead atoms. The highest BCUT2D eigenvalue weighted by molar-refractivity contribution is 6.04. The van der Waals surface area contributed by atoms with Gasteiger partial charge in [-0.3, -0.25) is 9.78 Å². The largest absolute Gasteiger partial charge is 0.506 e. The van der Waals surface area contributed by atoms with E-state index in [0.717, 1.165) is 0 Å². The first-order valence-corrected chi connectivity index (χ1v) is 5.35. The van der Waals surface area contributed by atoms with Crippen molar-refractivity contribution in [1.29, 1.82) is 0 Å². The summed E-state index contributed by atoms with van der Waals surface area (Å²) < 4.78 is 0. The summed E-state index contributed by atoms with van der Waals surface area (Å²) in [4.78, 5) is 15.6. The average Bonchev–Trinajstić information content (AvgIpc) is 2.39. The van der Waals surface area contributed by atoms with Crippen LogP contribution in [0.25, 0.3) is 0 Å². The Labute approximate surface area is 104 Å². The van der Waals surface area contributed by atoms with Crippen molar-refractivity contribution in [2.45, 2.75) is 6.61 Å². The van der Waals surface area contributed by atoms with E-state index in [1.807, 2.05) is 0 Å². The standard InChI is InChI=1S/C13H12N2O3/c16-8-9-3-1-2-4-12(9)15-13(18)10-5-11(17)7-14-6-10/h1-7,16-17H,8H2,(H,15,18). The second-order valence-electron chi connectivity index (χ2n) is 3.70. The maximum absolute atomic E-state index is 11.9. The smallest absolute Gasteiger partial charge is 0.257 e. The lowest BCUT2D eigenvalue weighted by Crippen LogP contribution is -2.13. The van der Waals surface area contributed by atoms with Crippen LogP contribution in [0.15, 0.2) is 42.7 Å². The molecule has 3 N–H and O–H groups in total. The first-order chi connectivity index (χ1) is 8.70. The monoisotopic (exact) mass is 244 g/mol. The van der Waals surface area contributed by atoms with Gasteiger partial charge in [0.2, 0.25) is 0 Å². The molecule has 0 radical (unpaired) electrons. The van der Waals surface area contributed by atoms with Crippen molar-refractivity contribution in [3.63, 3.8) is 0 Å². The third-order valence-electron chi connectivity index (χ3n) is 2.42. The second-order valence-corrected chi connectivity index (χ2v) is 3.70. The van der Waals surface area contributed by atoms with E-state index in [4.69, 9.17) is 5.11 Å². The summed E-state index contributed by atoms with van der Waals surface area (Å²) in [6, 6.07) is 8.27. The van der Waals surface area contributed by atoms with Gasteiger partial charge < -0.3 is 15.5 Å². The van der Waals surface area contributed by atoms with E-state index in [0.29, 0.717) is 11.3 Å². The molecule has 0 aliphatic rings. The highest BCUT2D eigenvalue weighted by Crippen LogP contribution is 2.16. The molecule has 1 amide bonds. The van der Waals surface area contributed by atoms with E-state index in [2.05, 4.69) is 10.3 Å². The van der Waals surface area contributed by atoms with Gasteiger partial charge >= 0.3 is 0 Å².